The van der Waals surface area contributed by atoms with E-state index >= 15 is 0 Å². The van der Waals surface area contributed by atoms with Crippen LogP contribution in [0.3, 0.4) is 0 Å². The Balaban J connectivity index is 0.00000341. The molecule has 0 saturated heterocycles. The molecule has 9 heteroatoms. The molecule has 1 aromatic heterocycles. The monoisotopic (exact) mass is 678 g/mol. The first kappa shape index (κ1) is 32.6. The average molecular weight is 681 g/mol. The maximum atomic E-state index is 4.86. The highest BCUT2D eigenvalue weighted by atomic mass is 79.9. The van der Waals surface area contributed by atoms with E-state index < -0.39 is 0 Å². The SMILES string of the molecule is Br.Br.Br.CN(C)CCSc1cccc(-c2ccnc(-c3cccc(CC(S)N(C)C)c3)n2)c1. The second-order valence-corrected chi connectivity index (χ2v) is 9.56. The van der Waals surface area contributed by atoms with Crippen LogP contribution < -0.4 is 0 Å². The molecular weight excluding hydrogens is 648 g/mol. The molecule has 1 unspecified atom stereocenters. The van der Waals surface area contributed by atoms with Crippen LogP contribution in [-0.2, 0) is 6.42 Å². The molecule has 0 spiro atoms. The lowest BCUT2D eigenvalue weighted by molar-refractivity contribution is 0.383. The van der Waals surface area contributed by atoms with E-state index in [0.717, 1.165) is 41.4 Å². The van der Waals surface area contributed by atoms with Gasteiger partial charge in [0.15, 0.2) is 5.82 Å². The van der Waals surface area contributed by atoms with Gasteiger partial charge in [-0.3, -0.25) is 4.90 Å². The van der Waals surface area contributed by atoms with Crippen LogP contribution in [0.2, 0.25) is 0 Å². The molecule has 0 amide bonds. The molecule has 2 aromatic carbocycles. The summed E-state index contributed by atoms with van der Waals surface area (Å²) in [5.41, 5.74) is 4.33. The smallest absolute Gasteiger partial charge is 0.159 e. The summed E-state index contributed by atoms with van der Waals surface area (Å²) in [6, 6.07) is 19.0. The summed E-state index contributed by atoms with van der Waals surface area (Å²) >= 11 is 6.53. The van der Waals surface area contributed by atoms with Gasteiger partial charge < -0.3 is 4.90 Å². The van der Waals surface area contributed by atoms with Gasteiger partial charge >= 0.3 is 0 Å². The van der Waals surface area contributed by atoms with Crippen LogP contribution in [0.25, 0.3) is 22.6 Å². The molecule has 0 N–H and O–H groups in total. The van der Waals surface area contributed by atoms with E-state index in [2.05, 4.69) is 90.0 Å². The van der Waals surface area contributed by atoms with Crippen LogP contribution in [-0.4, -0.2) is 65.6 Å². The number of benzene rings is 2. The normalized spacial score (nSPS) is 11.4. The van der Waals surface area contributed by atoms with Crippen LogP contribution in [0.15, 0.2) is 65.7 Å². The largest absolute Gasteiger partial charge is 0.309 e. The van der Waals surface area contributed by atoms with Crippen molar-refractivity contribution in [1.82, 2.24) is 19.8 Å². The van der Waals surface area contributed by atoms with Gasteiger partial charge in [-0.05, 0) is 64.4 Å². The highest BCUT2D eigenvalue weighted by Gasteiger charge is 2.10. The lowest BCUT2D eigenvalue weighted by atomic mass is 10.1. The fraction of sp³-hybridized carbons (Fsp3) is 0.333. The molecular formula is C24H33Br3N4S2. The van der Waals surface area contributed by atoms with Crippen LogP contribution >= 0.6 is 75.3 Å². The standard InChI is InChI=1S/C24H30N4S2.3BrH/c1-27(2)13-14-30-21-10-6-8-19(17-21)22-11-12-25-24(26-22)20-9-5-7-18(15-20)16-23(29)28(3)4;;;/h5-12,15,17,23,29H,13-14,16H2,1-4H3;3*1H. The number of halogens is 3. The summed E-state index contributed by atoms with van der Waals surface area (Å²) in [6.07, 6.45) is 2.72. The van der Waals surface area contributed by atoms with Gasteiger partial charge in [0, 0.05) is 34.5 Å². The predicted octanol–water partition coefficient (Wildman–Crippen LogP) is 6.56. The van der Waals surface area contributed by atoms with Gasteiger partial charge in [-0.25, -0.2) is 9.97 Å². The average Bonchev–Trinajstić information content (AvgIpc) is 2.74. The summed E-state index contributed by atoms with van der Waals surface area (Å²) in [5, 5.41) is 0.181. The van der Waals surface area contributed by atoms with Crippen molar-refractivity contribution < 1.29 is 0 Å². The fourth-order valence-corrected chi connectivity index (χ4v) is 4.27. The number of thiol groups is 1. The van der Waals surface area contributed by atoms with Crippen molar-refractivity contribution in [3.05, 3.63) is 66.4 Å². The summed E-state index contributed by atoms with van der Waals surface area (Å²) in [6.45, 7) is 1.06. The second-order valence-electron chi connectivity index (χ2n) is 7.79. The molecule has 0 aliphatic rings. The lowest BCUT2D eigenvalue weighted by Gasteiger charge is -2.18. The zero-order valence-electron chi connectivity index (χ0n) is 19.3. The third-order valence-corrected chi connectivity index (χ3v) is 6.41. The quantitative estimate of drug-likeness (QED) is 0.157. The number of hydrogen-bond acceptors (Lipinski definition) is 6. The minimum atomic E-state index is 0. The minimum absolute atomic E-state index is 0. The van der Waals surface area contributed by atoms with Gasteiger partial charge in [0.25, 0.3) is 0 Å². The molecule has 3 rings (SSSR count). The third kappa shape index (κ3) is 10.4. The number of thioether (sulfide) groups is 1. The number of rotatable bonds is 9. The van der Waals surface area contributed by atoms with Crippen molar-refractivity contribution in [2.45, 2.75) is 16.7 Å². The van der Waals surface area contributed by atoms with E-state index in [1.54, 1.807) is 0 Å². The van der Waals surface area contributed by atoms with E-state index in [1.165, 1.54) is 10.5 Å². The van der Waals surface area contributed by atoms with Gasteiger partial charge in [-0.1, -0.05) is 30.3 Å². The van der Waals surface area contributed by atoms with E-state index in [9.17, 15) is 0 Å². The van der Waals surface area contributed by atoms with Crippen molar-refractivity contribution in [2.24, 2.45) is 0 Å². The van der Waals surface area contributed by atoms with Gasteiger partial charge in [0.05, 0.1) is 11.1 Å². The number of likely N-dealkylation sites (N-methyl/N-ethyl adjacent to an activating group) is 1. The number of hydrogen-bond donors (Lipinski definition) is 1. The molecule has 0 bridgehead atoms. The highest BCUT2D eigenvalue weighted by molar-refractivity contribution is 8.93. The zero-order chi connectivity index (χ0) is 21.5. The maximum absolute atomic E-state index is 4.86. The summed E-state index contributed by atoms with van der Waals surface area (Å²) < 4.78 is 0. The van der Waals surface area contributed by atoms with Crippen LogP contribution in [0.4, 0.5) is 0 Å². The predicted molar refractivity (Wildman–Crippen MR) is 163 cm³/mol. The Morgan fingerprint density at radius 1 is 0.909 bits per heavy atom. The van der Waals surface area contributed by atoms with Crippen LogP contribution in [0.1, 0.15) is 5.56 Å². The maximum Gasteiger partial charge on any atom is 0.159 e. The van der Waals surface area contributed by atoms with E-state index in [0.29, 0.717) is 0 Å². The van der Waals surface area contributed by atoms with Crippen LogP contribution in [0.5, 0.6) is 0 Å². The van der Waals surface area contributed by atoms with Crippen molar-refractivity contribution in [3.8, 4) is 22.6 Å². The topological polar surface area (TPSA) is 32.3 Å². The first-order chi connectivity index (χ1) is 14.4. The Hall–Kier alpha value is -0.420. The van der Waals surface area contributed by atoms with E-state index in [1.807, 2.05) is 38.1 Å². The Labute approximate surface area is 239 Å². The van der Waals surface area contributed by atoms with Gasteiger partial charge in [-0.2, -0.15) is 12.6 Å². The van der Waals surface area contributed by atoms with Crippen LogP contribution in [0, 0.1) is 0 Å². The summed E-state index contributed by atoms with van der Waals surface area (Å²) in [5.74, 6) is 1.82. The molecule has 33 heavy (non-hydrogen) atoms. The van der Waals surface area contributed by atoms with Crippen molar-refractivity contribution in [2.75, 3.05) is 40.5 Å². The minimum Gasteiger partial charge on any atom is -0.309 e. The summed E-state index contributed by atoms with van der Waals surface area (Å²) in [4.78, 5) is 15.0. The molecule has 1 atom stereocenters. The van der Waals surface area contributed by atoms with Crippen molar-refractivity contribution in [1.29, 1.82) is 0 Å². The summed E-state index contributed by atoms with van der Waals surface area (Å²) in [7, 11) is 8.29. The fourth-order valence-electron chi connectivity index (χ4n) is 2.98. The van der Waals surface area contributed by atoms with E-state index in [4.69, 9.17) is 4.98 Å². The number of nitrogens with zero attached hydrogens (tertiary/aromatic N) is 4. The van der Waals surface area contributed by atoms with Gasteiger partial charge in [-0.15, -0.1) is 62.7 Å². The molecule has 182 valence electrons. The molecule has 0 saturated carbocycles. The number of aromatic nitrogens is 2. The first-order valence-electron chi connectivity index (χ1n) is 10.1. The van der Waals surface area contributed by atoms with E-state index in [-0.39, 0.29) is 56.3 Å². The lowest BCUT2D eigenvalue weighted by Crippen LogP contribution is -2.24. The van der Waals surface area contributed by atoms with Crippen molar-refractivity contribution in [3.63, 3.8) is 0 Å². The Bertz CT molecular complexity index is 974. The Kier molecular flexibility index (Phi) is 16.1. The molecule has 4 nitrogen and oxygen atoms in total. The van der Waals surface area contributed by atoms with Gasteiger partial charge in [0.1, 0.15) is 0 Å². The second kappa shape index (κ2) is 16.3. The van der Waals surface area contributed by atoms with Crippen molar-refractivity contribution >= 4 is 75.3 Å². The Morgan fingerprint density at radius 2 is 1.61 bits per heavy atom. The molecule has 0 aliphatic carbocycles. The molecule has 1 heterocycles. The van der Waals surface area contributed by atoms with Gasteiger partial charge in [0.2, 0.25) is 0 Å². The third-order valence-electron chi connectivity index (χ3n) is 4.79. The first-order valence-corrected chi connectivity index (χ1v) is 11.6. The molecule has 0 radical (unpaired) electrons. The zero-order valence-corrected chi connectivity index (χ0v) is 26.2. The highest BCUT2D eigenvalue weighted by Crippen LogP contribution is 2.26. The molecule has 3 aromatic rings. The Morgan fingerprint density at radius 3 is 2.30 bits per heavy atom. The molecule has 0 aliphatic heterocycles. The molecule has 0 fully saturated rings.